The lowest BCUT2D eigenvalue weighted by Gasteiger charge is -2.10. The third-order valence-corrected chi connectivity index (χ3v) is 4.78. The van der Waals surface area contributed by atoms with Crippen molar-refractivity contribution in [1.82, 2.24) is 0 Å². The molecule has 3 aromatic carbocycles. The van der Waals surface area contributed by atoms with Gasteiger partial charge in [-0.15, -0.1) is 0 Å². The summed E-state index contributed by atoms with van der Waals surface area (Å²) in [5.74, 6) is 6.40. The first kappa shape index (κ1) is 19.7. The highest BCUT2D eigenvalue weighted by molar-refractivity contribution is 5.49. The van der Waals surface area contributed by atoms with Gasteiger partial charge in [0.05, 0.1) is 0 Å². The molecule has 0 bridgehead atoms. The number of benzene rings is 3. The van der Waals surface area contributed by atoms with Crippen molar-refractivity contribution >= 4 is 6.08 Å². The lowest BCUT2D eigenvalue weighted by molar-refractivity contribution is 0.238. The maximum absolute atomic E-state index is 10.5. The quantitative estimate of drug-likeness (QED) is 0.517. The van der Waals surface area contributed by atoms with Crippen molar-refractivity contribution in [3.05, 3.63) is 113 Å². The summed E-state index contributed by atoms with van der Waals surface area (Å²) >= 11 is 0. The second kappa shape index (κ2) is 10.3. The Hall–Kier alpha value is -3.08. The molecule has 0 aliphatic rings. The summed E-state index contributed by atoms with van der Waals surface area (Å²) < 4.78 is 0. The van der Waals surface area contributed by atoms with Crippen molar-refractivity contribution in [1.29, 1.82) is 0 Å². The van der Waals surface area contributed by atoms with Gasteiger partial charge in [0.15, 0.2) is 0 Å². The van der Waals surface area contributed by atoms with Crippen LogP contribution in [-0.4, -0.2) is 5.11 Å². The van der Waals surface area contributed by atoms with E-state index in [1.807, 2.05) is 48.5 Å². The minimum Gasteiger partial charge on any atom is -0.376 e. The van der Waals surface area contributed by atoms with Gasteiger partial charge in [-0.3, -0.25) is 0 Å². The van der Waals surface area contributed by atoms with E-state index in [-0.39, 0.29) is 5.92 Å². The van der Waals surface area contributed by atoms with Crippen LogP contribution >= 0.6 is 0 Å². The van der Waals surface area contributed by atoms with Crippen LogP contribution in [0, 0.1) is 11.8 Å². The van der Waals surface area contributed by atoms with E-state index in [1.54, 1.807) is 0 Å². The van der Waals surface area contributed by atoms with Crippen molar-refractivity contribution < 1.29 is 5.11 Å². The second-order valence-corrected chi connectivity index (χ2v) is 6.80. The standard InChI is InChI=1S/C27H26O/c1-2-22-16-18-26(19-17-22)27(28)21-20-25(24-13-7-4-8-14-24)15-9-12-23-10-5-3-6-11-23/h3-14,16-19,25,27-28H,2,15H2,1H3/b12-9+. The molecule has 0 spiro atoms. The van der Waals surface area contributed by atoms with E-state index in [0.717, 1.165) is 18.4 Å². The number of hydrogen-bond donors (Lipinski definition) is 1. The second-order valence-electron chi connectivity index (χ2n) is 6.80. The van der Waals surface area contributed by atoms with Crippen LogP contribution in [-0.2, 0) is 6.42 Å². The van der Waals surface area contributed by atoms with Gasteiger partial charge in [-0.25, -0.2) is 0 Å². The van der Waals surface area contributed by atoms with Crippen LogP contribution in [0.2, 0.25) is 0 Å². The molecule has 1 N–H and O–H groups in total. The van der Waals surface area contributed by atoms with Crippen LogP contribution in [0.25, 0.3) is 6.08 Å². The first-order valence-corrected chi connectivity index (χ1v) is 9.80. The van der Waals surface area contributed by atoms with E-state index in [1.165, 1.54) is 16.7 Å². The molecule has 3 aromatic rings. The van der Waals surface area contributed by atoms with Crippen molar-refractivity contribution in [2.75, 3.05) is 0 Å². The monoisotopic (exact) mass is 366 g/mol. The number of aliphatic hydroxyl groups is 1. The number of aliphatic hydroxyl groups excluding tert-OH is 1. The predicted octanol–water partition coefficient (Wildman–Crippen LogP) is 6.17. The first-order valence-electron chi connectivity index (χ1n) is 9.80. The average molecular weight is 367 g/mol. The van der Waals surface area contributed by atoms with Gasteiger partial charge in [-0.05, 0) is 35.1 Å². The summed E-state index contributed by atoms with van der Waals surface area (Å²) in [6.45, 7) is 2.12. The first-order chi connectivity index (χ1) is 13.8. The Labute approximate surface area is 168 Å². The zero-order chi connectivity index (χ0) is 19.6. The molecular weight excluding hydrogens is 340 g/mol. The molecule has 0 saturated heterocycles. The molecule has 2 unspecified atom stereocenters. The number of rotatable bonds is 6. The number of aryl methyl sites for hydroxylation is 1. The lowest BCUT2D eigenvalue weighted by Crippen LogP contribution is -1.98. The van der Waals surface area contributed by atoms with E-state index in [9.17, 15) is 5.11 Å². The van der Waals surface area contributed by atoms with Gasteiger partial charge in [-0.1, -0.05) is 116 Å². The average Bonchev–Trinajstić information content (AvgIpc) is 2.77. The summed E-state index contributed by atoms with van der Waals surface area (Å²) in [6, 6.07) is 28.6. The minimum atomic E-state index is -0.768. The molecule has 28 heavy (non-hydrogen) atoms. The summed E-state index contributed by atoms with van der Waals surface area (Å²) in [5, 5.41) is 10.5. The van der Waals surface area contributed by atoms with E-state index < -0.39 is 6.10 Å². The maximum atomic E-state index is 10.5. The van der Waals surface area contributed by atoms with Gasteiger partial charge in [0.25, 0.3) is 0 Å². The predicted molar refractivity (Wildman–Crippen MR) is 118 cm³/mol. The molecule has 2 atom stereocenters. The Kier molecular flexibility index (Phi) is 7.24. The third-order valence-electron chi connectivity index (χ3n) is 4.78. The van der Waals surface area contributed by atoms with E-state index >= 15 is 0 Å². The highest BCUT2D eigenvalue weighted by Crippen LogP contribution is 2.21. The Morgan fingerprint density at radius 1 is 0.786 bits per heavy atom. The highest BCUT2D eigenvalue weighted by atomic mass is 16.3. The van der Waals surface area contributed by atoms with Gasteiger partial charge >= 0.3 is 0 Å². The fourth-order valence-corrected chi connectivity index (χ4v) is 3.07. The summed E-state index contributed by atoms with van der Waals surface area (Å²) in [5.41, 5.74) is 4.45. The molecule has 0 fully saturated rings. The Morgan fingerprint density at radius 3 is 2.07 bits per heavy atom. The molecule has 1 heteroatoms. The van der Waals surface area contributed by atoms with Crippen molar-refractivity contribution in [2.24, 2.45) is 0 Å². The number of hydrogen-bond acceptors (Lipinski definition) is 1. The Morgan fingerprint density at radius 2 is 1.43 bits per heavy atom. The van der Waals surface area contributed by atoms with Crippen LogP contribution in [0.1, 0.15) is 47.6 Å². The Bertz CT molecular complexity index is 928. The minimum absolute atomic E-state index is 0.0470. The van der Waals surface area contributed by atoms with E-state index in [4.69, 9.17) is 0 Å². The topological polar surface area (TPSA) is 20.2 Å². The molecule has 0 aliphatic heterocycles. The zero-order valence-corrected chi connectivity index (χ0v) is 16.3. The van der Waals surface area contributed by atoms with Crippen LogP contribution in [0.5, 0.6) is 0 Å². The zero-order valence-electron chi connectivity index (χ0n) is 16.3. The molecule has 140 valence electrons. The van der Waals surface area contributed by atoms with Crippen LogP contribution in [0.15, 0.2) is 91.0 Å². The van der Waals surface area contributed by atoms with Crippen molar-refractivity contribution in [3.63, 3.8) is 0 Å². The fourth-order valence-electron chi connectivity index (χ4n) is 3.07. The molecular formula is C27H26O. The molecule has 1 nitrogen and oxygen atoms in total. The van der Waals surface area contributed by atoms with E-state index in [2.05, 4.69) is 67.3 Å². The van der Waals surface area contributed by atoms with Gasteiger partial charge in [-0.2, -0.15) is 0 Å². The van der Waals surface area contributed by atoms with Crippen LogP contribution in [0.3, 0.4) is 0 Å². The normalized spacial score (nSPS) is 12.9. The van der Waals surface area contributed by atoms with Gasteiger partial charge in [0.1, 0.15) is 6.10 Å². The molecule has 0 amide bonds. The Balaban J connectivity index is 1.76. The van der Waals surface area contributed by atoms with Crippen LogP contribution in [0.4, 0.5) is 0 Å². The molecule has 0 aromatic heterocycles. The van der Waals surface area contributed by atoms with Crippen molar-refractivity contribution in [3.8, 4) is 11.8 Å². The summed E-state index contributed by atoms with van der Waals surface area (Å²) in [7, 11) is 0. The molecule has 0 aliphatic carbocycles. The molecule has 0 saturated carbocycles. The highest BCUT2D eigenvalue weighted by Gasteiger charge is 2.08. The summed E-state index contributed by atoms with van der Waals surface area (Å²) in [4.78, 5) is 0. The van der Waals surface area contributed by atoms with Crippen LogP contribution < -0.4 is 0 Å². The van der Waals surface area contributed by atoms with Gasteiger partial charge < -0.3 is 5.11 Å². The fraction of sp³-hybridized carbons (Fsp3) is 0.185. The van der Waals surface area contributed by atoms with Gasteiger partial charge in [0, 0.05) is 5.92 Å². The molecule has 0 heterocycles. The molecule has 3 rings (SSSR count). The SMILES string of the molecule is CCc1ccc(C(O)C#CC(C/C=C/c2ccccc2)c2ccccc2)cc1. The molecule has 0 radical (unpaired) electrons. The smallest absolute Gasteiger partial charge is 0.140 e. The van der Waals surface area contributed by atoms with E-state index in [0.29, 0.717) is 0 Å². The van der Waals surface area contributed by atoms with Gasteiger partial charge in [0.2, 0.25) is 0 Å². The lowest BCUT2D eigenvalue weighted by atomic mass is 9.95. The number of allylic oxidation sites excluding steroid dienone is 1. The third kappa shape index (κ3) is 5.71. The summed E-state index contributed by atoms with van der Waals surface area (Å²) in [6.07, 6.45) is 5.30. The maximum Gasteiger partial charge on any atom is 0.140 e. The largest absolute Gasteiger partial charge is 0.376 e. The van der Waals surface area contributed by atoms with Crippen molar-refractivity contribution in [2.45, 2.75) is 31.8 Å².